The molecule has 0 aromatic heterocycles. The zero-order chi connectivity index (χ0) is 37.3. The summed E-state index contributed by atoms with van der Waals surface area (Å²) in [7, 11) is 0. The molecule has 0 radical (unpaired) electrons. The summed E-state index contributed by atoms with van der Waals surface area (Å²) in [5, 5.41) is 10.7. The van der Waals surface area contributed by atoms with Crippen molar-refractivity contribution < 1.29 is 19.2 Å². The summed E-state index contributed by atoms with van der Waals surface area (Å²) < 4.78 is 0. The summed E-state index contributed by atoms with van der Waals surface area (Å²) in [5.41, 5.74) is 3.34. The number of amides is 2. The molecule has 2 fully saturated rings. The Labute approximate surface area is 321 Å². The Morgan fingerprint density at radius 3 is 1.19 bits per heavy atom. The minimum atomic E-state index is -0.733. The van der Waals surface area contributed by atoms with Crippen LogP contribution in [0.5, 0.6) is 0 Å². The SMILES string of the molecule is O=C1C(=O)N(c2ccccc2)C(=S)/C1=C(/NCCN/C(=C1\C(=O)C(=O)N(c2ccccc2)C1=S)c1ccc2ccccc2c1)c1ccc2ccccc2c1. The molecular formula is C44H30N4O4S2. The second kappa shape index (κ2) is 14.4. The summed E-state index contributed by atoms with van der Waals surface area (Å²) in [4.78, 5) is 57.1. The van der Waals surface area contributed by atoms with E-state index in [2.05, 4.69) is 10.6 Å². The molecule has 0 saturated carbocycles. The van der Waals surface area contributed by atoms with E-state index in [1.807, 2.05) is 97.1 Å². The normalized spacial score (nSPS) is 16.5. The van der Waals surface area contributed by atoms with Crippen LogP contribution in [0.2, 0.25) is 0 Å². The van der Waals surface area contributed by atoms with Crippen LogP contribution in [0.3, 0.4) is 0 Å². The number of nitrogens with one attached hydrogen (secondary N) is 2. The van der Waals surface area contributed by atoms with Crippen molar-refractivity contribution in [1.29, 1.82) is 0 Å². The van der Waals surface area contributed by atoms with Gasteiger partial charge < -0.3 is 10.6 Å². The number of para-hydroxylation sites is 2. The maximum absolute atomic E-state index is 13.7. The van der Waals surface area contributed by atoms with Gasteiger partial charge in [-0.05, 0) is 69.1 Å². The molecule has 8 nitrogen and oxygen atoms in total. The Hall–Kier alpha value is -6.62. The van der Waals surface area contributed by atoms with Crippen molar-refractivity contribution in [3.63, 3.8) is 0 Å². The smallest absolute Gasteiger partial charge is 0.304 e. The lowest BCUT2D eigenvalue weighted by atomic mass is 10.0. The highest BCUT2D eigenvalue weighted by Gasteiger charge is 2.44. The lowest BCUT2D eigenvalue weighted by Crippen LogP contribution is -2.30. The van der Waals surface area contributed by atoms with Crippen LogP contribution in [0.4, 0.5) is 11.4 Å². The maximum atomic E-state index is 13.7. The van der Waals surface area contributed by atoms with Crippen molar-refractivity contribution in [1.82, 2.24) is 10.6 Å². The van der Waals surface area contributed by atoms with Gasteiger partial charge in [0.15, 0.2) is 0 Å². The van der Waals surface area contributed by atoms with E-state index in [1.165, 1.54) is 9.80 Å². The first kappa shape index (κ1) is 34.5. The monoisotopic (exact) mass is 742 g/mol. The predicted molar refractivity (Wildman–Crippen MR) is 221 cm³/mol. The summed E-state index contributed by atoms with van der Waals surface area (Å²) in [6, 6.07) is 45.0. The van der Waals surface area contributed by atoms with Crippen LogP contribution in [0.15, 0.2) is 157 Å². The Bertz CT molecular complexity index is 2450. The van der Waals surface area contributed by atoms with E-state index in [1.54, 1.807) is 48.5 Å². The van der Waals surface area contributed by atoms with E-state index in [0.29, 0.717) is 33.9 Å². The van der Waals surface area contributed by atoms with Gasteiger partial charge >= 0.3 is 11.8 Å². The zero-order valence-electron chi connectivity index (χ0n) is 28.6. The van der Waals surface area contributed by atoms with Crippen molar-refractivity contribution in [2.45, 2.75) is 0 Å². The van der Waals surface area contributed by atoms with Crippen LogP contribution < -0.4 is 20.4 Å². The Morgan fingerprint density at radius 1 is 0.444 bits per heavy atom. The lowest BCUT2D eigenvalue weighted by Gasteiger charge is -2.19. The molecule has 10 heteroatoms. The molecule has 54 heavy (non-hydrogen) atoms. The third-order valence-electron chi connectivity index (χ3n) is 9.42. The molecule has 2 aliphatic heterocycles. The molecule has 2 N–H and O–H groups in total. The molecule has 0 bridgehead atoms. The van der Waals surface area contributed by atoms with Gasteiger partial charge in [0.05, 0.1) is 33.9 Å². The van der Waals surface area contributed by atoms with Gasteiger partial charge in [-0.25, -0.2) is 0 Å². The highest BCUT2D eigenvalue weighted by molar-refractivity contribution is 7.81. The van der Waals surface area contributed by atoms with Gasteiger partial charge in [-0.1, -0.05) is 134 Å². The number of anilines is 2. The predicted octanol–water partition coefficient (Wildman–Crippen LogP) is 7.18. The number of carbonyl (C=O) groups excluding carboxylic acids is 4. The van der Waals surface area contributed by atoms with Crippen LogP contribution in [0.1, 0.15) is 11.1 Å². The van der Waals surface area contributed by atoms with Crippen LogP contribution in [0.25, 0.3) is 32.9 Å². The molecule has 8 rings (SSSR count). The summed E-state index contributed by atoms with van der Waals surface area (Å²) in [6.07, 6.45) is 0. The van der Waals surface area contributed by atoms with Crippen molar-refractivity contribution in [2.75, 3.05) is 22.9 Å². The van der Waals surface area contributed by atoms with Gasteiger partial charge in [-0.2, -0.15) is 0 Å². The number of benzene rings is 6. The van der Waals surface area contributed by atoms with Gasteiger partial charge in [0, 0.05) is 13.1 Å². The highest BCUT2D eigenvalue weighted by atomic mass is 32.1. The minimum absolute atomic E-state index is 0.0958. The standard InChI is InChI=1S/C44H30N4O4S2/c49-39-35(43(53)47(41(39)51)33-15-3-1-4-16-33)37(31-21-19-27-11-7-9-13-29(27)25-31)45-23-24-46-38(32-22-20-28-12-8-10-14-30(28)26-32)36-40(50)42(52)48(44(36)54)34-17-5-2-6-18-34/h1-22,25-26,45-46H,23-24H2/b37-35+,38-36+. The minimum Gasteiger partial charge on any atom is -0.382 e. The lowest BCUT2D eigenvalue weighted by molar-refractivity contribution is -0.132. The van der Waals surface area contributed by atoms with Crippen molar-refractivity contribution in [3.05, 3.63) is 168 Å². The first-order valence-corrected chi connectivity index (χ1v) is 18.0. The molecule has 2 heterocycles. The molecule has 2 saturated heterocycles. The number of hydrogen-bond acceptors (Lipinski definition) is 8. The van der Waals surface area contributed by atoms with E-state index < -0.39 is 23.4 Å². The van der Waals surface area contributed by atoms with Crippen LogP contribution in [-0.2, 0) is 19.2 Å². The number of thiocarbonyl (C=S) groups is 2. The van der Waals surface area contributed by atoms with Gasteiger partial charge in [-0.15, -0.1) is 0 Å². The number of fused-ring (bicyclic) bond motifs is 2. The van der Waals surface area contributed by atoms with E-state index in [9.17, 15) is 19.2 Å². The molecular weight excluding hydrogens is 713 g/mol. The summed E-state index contributed by atoms with van der Waals surface area (Å²) in [6.45, 7) is 0.450. The molecule has 0 aliphatic carbocycles. The van der Waals surface area contributed by atoms with Gasteiger partial charge in [0.25, 0.3) is 11.6 Å². The van der Waals surface area contributed by atoms with Crippen LogP contribution >= 0.6 is 24.4 Å². The molecule has 0 atom stereocenters. The fourth-order valence-electron chi connectivity index (χ4n) is 6.82. The largest absolute Gasteiger partial charge is 0.382 e. The molecule has 6 aromatic carbocycles. The van der Waals surface area contributed by atoms with Crippen LogP contribution in [0, 0.1) is 0 Å². The molecule has 6 aromatic rings. The third kappa shape index (κ3) is 6.17. The third-order valence-corrected chi connectivity index (χ3v) is 10.2. The summed E-state index contributed by atoms with van der Waals surface area (Å²) >= 11 is 11.7. The van der Waals surface area contributed by atoms with Crippen molar-refractivity contribution in [3.8, 4) is 0 Å². The molecule has 262 valence electrons. The quantitative estimate of drug-likeness (QED) is 0.0697. The first-order valence-electron chi connectivity index (χ1n) is 17.2. The fourth-order valence-corrected chi connectivity index (χ4v) is 7.58. The first-order chi connectivity index (χ1) is 26.3. The Balaban J connectivity index is 1.16. The topological polar surface area (TPSA) is 98.8 Å². The number of rotatable bonds is 9. The van der Waals surface area contributed by atoms with E-state index in [0.717, 1.165) is 21.5 Å². The number of ketones is 2. The van der Waals surface area contributed by atoms with Crippen molar-refractivity contribution in [2.24, 2.45) is 0 Å². The average Bonchev–Trinajstić information content (AvgIpc) is 3.57. The Kier molecular flexibility index (Phi) is 9.20. The van der Waals surface area contributed by atoms with E-state index in [-0.39, 0.29) is 34.2 Å². The Morgan fingerprint density at radius 2 is 0.796 bits per heavy atom. The second-order valence-electron chi connectivity index (χ2n) is 12.7. The van der Waals surface area contributed by atoms with Gasteiger partial charge in [-0.3, -0.25) is 29.0 Å². The molecule has 2 amide bonds. The average molecular weight is 743 g/mol. The summed E-state index contributed by atoms with van der Waals surface area (Å²) in [5.74, 6) is -2.90. The van der Waals surface area contributed by atoms with Gasteiger partial charge in [0.2, 0.25) is 0 Å². The molecule has 2 aliphatic rings. The van der Waals surface area contributed by atoms with Crippen molar-refractivity contribution >= 4 is 102 Å². The van der Waals surface area contributed by atoms with E-state index >= 15 is 0 Å². The number of nitrogens with zero attached hydrogens (tertiary/aromatic N) is 2. The van der Waals surface area contributed by atoms with Crippen LogP contribution in [-0.4, -0.2) is 46.4 Å². The fraction of sp³-hybridized carbons (Fsp3) is 0.0455. The van der Waals surface area contributed by atoms with Gasteiger partial charge in [0.1, 0.15) is 9.98 Å². The second-order valence-corrected chi connectivity index (χ2v) is 13.5. The number of Topliss-reactive ketones (excluding diaryl/α,β-unsaturated/α-hetero) is 2. The number of carbonyl (C=O) groups is 4. The molecule has 0 unspecified atom stereocenters. The van der Waals surface area contributed by atoms with E-state index in [4.69, 9.17) is 24.4 Å². The number of hydrogen-bond donors (Lipinski definition) is 2. The molecule has 0 spiro atoms. The maximum Gasteiger partial charge on any atom is 0.304 e. The zero-order valence-corrected chi connectivity index (χ0v) is 30.2. The highest BCUT2D eigenvalue weighted by Crippen LogP contribution is 2.33.